The van der Waals surface area contributed by atoms with E-state index in [0.29, 0.717) is 5.39 Å². The number of aromatic nitrogens is 1. The van der Waals surface area contributed by atoms with Gasteiger partial charge in [-0.15, -0.1) is 0 Å². The number of rotatable bonds is 3. The van der Waals surface area contributed by atoms with Gasteiger partial charge in [0.2, 0.25) is 5.43 Å². The number of aromatic amines is 1. The lowest BCUT2D eigenvalue weighted by Gasteiger charge is -2.10. The van der Waals surface area contributed by atoms with Gasteiger partial charge < -0.3 is 9.72 Å². The summed E-state index contributed by atoms with van der Waals surface area (Å²) < 4.78 is 6.01. The molecule has 5 heteroatoms. The molecule has 1 aromatic heterocycles. The molecule has 0 unspecified atom stereocenters. The van der Waals surface area contributed by atoms with Crippen LogP contribution in [0.2, 0.25) is 0 Å². The molecule has 0 amide bonds. The van der Waals surface area contributed by atoms with Crippen molar-refractivity contribution < 1.29 is 9.53 Å². The van der Waals surface area contributed by atoms with Gasteiger partial charge in [-0.2, -0.15) is 0 Å². The van der Waals surface area contributed by atoms with E-state index >= 15 is 0 Å². The van der Waals surface area contributed by atoms with Crippen LogP contribution in [0.15, 0.2) is 23.0 Å². The molecule has 1 fully saturated rings. The van der Waals surface area contributed by atoms with E-state index in [1.807, 2.05) is 12.1 Å². The molecular weight excluding hydrogens is 369 g/mol. The number of nitrogens with one attached hydrogen (secondary N) is 1. The van der Waals surface area contributed by atoms with Crippen LogP contribution >= 0.6 is 22.6 Å². The van der Waals surface area contributed by atoms with Crippen molar-refractivity contribution in [3.63, 3.8) is 0 Å². The van der Waals surface area contributed by atoms with Gasteiger partial charge in [0, 0.05) is 26.1 Å². The first-order chi connectivity index (χ1) is 9.61. The first-order valence-electron chi connectivity index (χ1n) is 6.64. The summed E-state index contributed by atoms with van der Waals surface area (Å²) in [7, 11) is 0. The molecule has 0 aliphatic heterocycles. The Balaban J connectivity index is 2.29. The van der Waals surface area contributed by atoms with Crippen LogP contribution in [0.3, 0.4) is 0 Å². The molecule has 0 radical (unpaired) electrons. The number of benzene rings is 1. The van der Waals surface area contributed by atoms with Gasteiger partial charge in [-0.3, -0.25) is 4.79 Å². The highest BCUT2D eigenvalue weighted by Crippen LogP contribution is 2.40. The second kappa shape index (κ2) is 5.20. The average molecular weight is 383 g/mol. The van der Waals surface area contributed by atoms with Crippen LogP contribution in [-0.4, -0.2) is 17.6 Å². The van der Waals surface area contributed by atoms with Crippen LogP contribution in [-0.2, 0) is 4.74 Å². The van der Waals surface area contributed by atoms with Gasteiger partial charge in [-0.25, -0.2) is 4.79 Å². The van der Waals surface area contributed by atoms with E-state index in [9.17, 15) is 9.59 Å². The molecule has 1 saturated carbocycles. The minimum absolute atomic E-state index is 0.184. The zero-order chi connectivity index (χ0) is 14.3. The highest BCUT2D eigenvalue weighted by molar-refractivity contribution is 14.1. The van der Waals surface area contributed by atoms with Gasteiger partial charge in [0.1, 0.15) is 5.56 Å². The maximum atomic E-state index is 12.6. The minimum atomic E-state index is -0.517. The molecule has 1 aliphatic rings. The normalized spacial score (nSPS) is 14.5. The first kappa shape index (κ1) is 13.6. The zero-order valence-corrected chi connectivity index (χ0v) is 13.2. The van der Waals surface area contributed by atoms with Crippen molar-refractivity contribution in [2.75, 3.05) is 6.61 Å². The van der Waals surface area contributed by atoms with E-state index in [1.54, 1.807) is 13.0 Å². The third-order valence-corrected chi connectivity index (χ3v) is 4.13. The lowest BCUT2D eigenvalue weighted by atomic mass is 10.1. The second-order valence-electron chi connectivity index (χ2n) is 4.93. The second-order valence-corrected chi connectivity index (χ2v) is 6.17. The van der Waals surface area contributed by atoms with Gasteiger partial charge in [-0.1, -0.05) is 0 Å². The van der Waals surface area contributed by atoms with Gasteiger partial charge in [0.25, 0.3) is 0 Å². The Hall–Kier alpha value is -1.37. The van der Waals surface area contributed by atoms with E-state index in [1.165, 1.54) is 0 Å². The number of H-pyrrole nitrogens is 1. The number of pyridine rings is 1. The fourth-order valence-electron chi connectivity index (χ4n) is 2.36. The molecule has 4 nitrogen and oxygen atoms in total. The number of hydrogen-bond acceptors (Lipinski definition) is 3. The molecule has 104 valence electrons. The van der Waals surface area contributed by atoms with Crippen molar-refractivity contribution in [3.8, 4) is 0 Å². The van der Waals surface area contributed by atoms with Gasteiger partial charge in [-0.05, 0) is 60.6 Å². The number of ether oxygens (including phenoxy) is 1. The van der Waals surface area contributed by atoms with Gasteiger partial charge in [0.05, 0.1) is 6.61 Å². The maximum absolute atomic E-state index is 12.6. The molecule has 1 N–H and O–H groups in total. The Bertz CT molecular complexity index is 747. The molecule has 0 spiro atoms. The monoisotopic (exact) mass is 383 g/mol. The predicted octanol–water partition coefficient (Wildman–Crippen LogP) is 3.19. The quantitative estimate of drug-likeness (QED) is 0.654. The summed E-state index contributed by atoms with van der Waals surface area (Å²) in [6.45, 7) is 2.01. The van der Waals surface area contributed by atoms with Crippen LogP contribution in [0.5, 0.6) is 0 Å². The average Bonchev–Trinajstić information content (AvgIpc) is 3.23. The smallest absolute Gasteiger partial charge is 0.343 e. The van der Waals surface area contributed by atoms with Crippen LogP contribution in [0.4, 0.5) is 0 Å². The zero-order valence-electron chi connectivity index (χ0n) is 11.0. The van der Waals surface area contributed by atoms with Crippen LogP contribution in [0.1, 0.15) is 41.7 Å². The molecular formula is C15H14INO3. The summed E-state index contributed by atoms with van der Waals surface area (Å²) in [4.78, 5) is 28.0. The molecule has 0 saturated heterocycles. The van der Waals surface area contributed by atoms with Crippen LogP contribution < -0.4 is 5.43 Å². The lowest BCUT2D eigenvalue weighted by molar-refractivity contribution is 0.0523. The maximum Gasteiger partial charge on any atom is 0.343 e. The molecule has 1 aliphatic carbocycles. The van der Waals surface area contributed by atoms with E-state index in [2.05, 4.69) is 27.6 Å². The highest BCUT2D eigenvalue weighted by Gasteiger charge is 2.32. The third-order valence-electron chi connectivity index (χ3n) is 3.46. The number of hydrogen-bond donors (Lipinski definition) is 1. The van der Waals surface area contributed by atoms with Crippen molar-refractivity contribution in [3.05, 3.63) is 43.2 Å². The van der Waals surface area contributed by atoms with E-state index in [-0.39, 0.29) is 23.5 Å². The topological polar surface area (TPSA) is 59.2 Å². The first-order valence-corrected chi connectivity index (χ1v) is 7.72. The molecule has 1 aromatic carbocycles. The Morgan fingerprint density at radius 3 is 2.85 bits per heavy atom. The molecule has 0 atom stereocenters. The Labute approximate surface area is 129 Å². The van der Waals surface area contributed by atoms with Crippen molar-refractivity contribution >= 4 is 39.5 Å². The fourth-order valence-corrected chi connectivity index (χ4v) is 2.85. The number of esters is 1. The SMILES string of the molecule is CCOC(=O)c1c(C2CC2)[nH]c2ccc(I)cc2c1=O. The van der Waals surface area contributed by atoms with Crippen molar-refractivity contribution in [1.82, 2.24) is 4.98 Å². The fraction of sp³-hybridized carbons (Fsp3) is 0.333. The summed E-state index contributed by atoms with van der Waals surface area (Å²) >= 11 is 2.16. The highest BCUT2D eigenvalue weighted by atomic mass is 127. The summed E-state index contributed by atoms with van der Waals surface area (Å²) in [5.74, 6) is -0.234. The lowest BCUT2D eigenvalue weighted by Crippen LogP contribution is -2.21. The minimum Gasteiger partial charge on any atom is -0.462 e. The van der Waals surface area contributed by atoms with E-state index in [4.69, 9.17) is 4.74 Å². The number of halogens is 1. The van der Waals surface area contributed by atoms with E-state index in [0.717, 1.165) is 27.6 Å². The predicted molar refractivity (Wildman–Crippen MR) is 85.2 cm³/mol. The Morgan fingerprint density at radius 2 is 2.20 bits per heavy atom. The number of carbonyl (C=O) groups is 1. The summed E-state index contributed by atoms with van der Waals surface area (Å²) in [6.07, 6.45) is 2.02. The van der Waals surface area contributed by atoms with Crippen LogP contribution in [0.25, 0.3) is 10.9 Å². The van der Waals surface area contributed by atoms with Crippen molar-refractivity contribution in [1.29, 1.82) is 0 Å². The summed E-state index contributed by atoms with van der Waals surface area (Å²) in [5.41, 5.74) is 1.48. The van der Waals surface area contributed by atoms with Gasteiger partial charge in [0.15, 0.2) is 0 Å². The van der Waals surface area contributed by atoms with Crippen LogP contribution in [0, 0.1) is 3.57 Å². The number of fused-ring (bicyclic) bond motifs is 1. The van der Waals surface area contributed by atoms with Crippen molar-refractivity contribution in [2.24, 2.45) is 0 Å². The summed E-state index contributed by atoms with van der Waals surface area (Å²) in [5, 5.41) is 0.546. The summed E-state index contributed by atoms with van der Waals surface area (Å²) in [6, 6.07) is 5.63. The molecule has 0 bridgehead atoms. The Kier molecular flexibility index (Phi) is 3.54. The standard InChI is InChI=1S/C15H14INO3/c1-2-20-15(19)12-13(8-3-4-8)17-11-6-5-9(16)7-10(11)14(12)18/h5-8H,2-4H2,1H3,(H,17,18). The van der Waals surface area contributed by atoms with Crippen molar-refractivity contribution in [2.45, 2.75) is 25.7 Å². The van der Waals surface area contributed by atoms with E-state index < -0.39 is 5.97 Å². The third kappa shape index (κ3) is 2.34. The molecule has 2 aromatic rings. The molecule has 3 rings (SSSR count). The number of carbonyl (C=O) groups excluding carboxylic acids is 1. The molecule has 20 heavy (non-hydrogen) atoms. The largest absolute Gasteiger partial charge is 0.462 e. The molecule has 1 heterocycles. The Morgan fingerprint density at radius 1 is 1.45 bits per heavy atom. The van der Waals surface area contributed by atoms with Gasteiger partial charge >= 0.3 is 5.97 Å².